The van der Waals surface area contributed by atoms with E-state index in [0.717, 1.165) is 72.4 Å². The Hall–Kier alpha value is -2.72. The molecule has 9 heteroatoms. The number of aliphatic hydroxyl groups excluding tert-OH is 2. The molecule has 0 bridgehead atoms. The summed E-state index contributed by atoms with van der Waals surface area (Å²) in [6.07, 6.45) is 5.64. The van der Waals surface area contributed by atoms with Gasteiger partial charge in [-0.05, 0) is 50.5 Å². The number of fused-ring (bicyclic) bond motifs is 1. The second-order valence-corrected chi connectivity index (χ2v) is 10.3. The lowest BCUT2D eigenvalue weighted by Crippen LogP contribution is -2.47. The first-order valence-corrected chi connectivity index (χ1v) is 13.1. The summed E-state index contributed by atoms with van der Waals surface area (Å²) < 4.78 is 2.15. The van der Waals surface area contributed by atoms with Crippen molar-refractivity contribution in [3.05, 3.63) is 57.1 Å². The van der Waals surface area contributed by atoms with E-state index < -0.39 is 6.23 Å². The van der Waals surface area contributed by atoms with Gasteiger partial charge in [0.25, 0.3) is 5.56 Å². The summed E-state index contributed by atoms with van der Waals surface area (Å²) in [6, 6.07) is 6.62. The number of nitrogens with one attached hydrogen (secondary N) is 2. The highest BCUT2D eigenvalue weighted by atomic mass is 16.3. The minimum absolute atomic E-state index is 0.124. The van der Waals surface area contributed by atoms with Gasteiger partial charge in [-0.15, -0.1) is 0 Å². The molecule has 1 aliphatic carbocycles. The Bertz CT molecular complexity index is 1250. The highest BCUT2D eigenvalue weighted by molar-refractivity contribution is 5.87. The maximum atomic E-state index is 12.5. The van der Waals surface area contributed by atoms with Crippen molar-refractivity contribution in [1.29, 1.82) is 0 Å². The maximum Gasteiger partial charge on any atom is 0.252 e. The molecule has 0 spiro atoms. The minimum Gasteiger partial charge on any atom is -0.395 e. The molecule has 1 aromatic carbocycles. The van der Waals surface area contributed by atoms with E-state index in [9.17, 15) is 15.0 Å². The SMILES string of the molecule is Cc1cc(C)c(CNC(O)c2cc(N3CCN(CCO)CC3)cc3c2cnn3C2CCCC2)c(=O)[nH]1. The van der Waals surface area contributed by atoms with Crippen molar-refractivity contribution in [3.8, 4) is 0 Å². The lowest BCUT2D eigenvalue weighted by atomic mass is 10.1. The third-order valence-electron chi connectivity index (χ3n) is 7.82. The number of benzene rings is 1. The van der Waals surface area contributed by atoms with Crippen LogP contribution in [0.15, 0.2) is 29.2 Å². The van der Waals surface area contributed by atoms with Crippen LogP contribution in [0.4, 0.5) is 5.69 Å². The smallest absolute Gasteiger partial charge is 0.252 e. The highest BCUT2D eigenvalue weighted by Crippen LogP contribution is 2.36. The predicted molar refractivity (Wildman–Crippen MR) is 141 cm³/mol. The molecular formula is C27H38N6O3. The number of hydrogen-bond donors (Lipinski definition) is 4. The van der Waals surface area contributed by atoms with Gasteiger partial charge in [-0.2, -0.15) is 5.10 Å². The molecule has 9 nitrogen and oxygen atoms in total. The van der Waals surface area contributed by atoms with E-state index >= 15 is 0 Å². The van der Waals surface area contributed by atoms with Gasteiger partial charge < -0.3 is 20.1 Å². The van der Waals surface area contributed by atoms with Crippen LogP contribution in [0.1, 0.15) is 60.3 Å². The molecule has 1 saturated heterocycles. The molecule has 1 saturated carbocycles. The molecule has 1 aliphatic heterocycles. The number of aromatic amines is 1. The summed E-state index contributed by atoms with van der Waals surface area (Å²) in [4.78, 5) is 20.0. The molecule has 2 aromatic heterocycles. The Morgan fingerprint density at radius 2 is 1.89 bits per heavy atom. The Labute approximate surface area is 211 Å². The molecule has 2 aliphatic rings. The number of aliphatic hydroxyl groups is 2. The number of rotatable bonds is 8. The Morgan fingerprint density at radius 1 is 1.14 bits per heavy atom. The fourth-order valence-corrected chi connectivity index (χ4v) is 5.79. The van der Waals surface area contributed by atoms with E-state index in [-0.39, 0.29) is 18.7 Å². The van der Waals surface area contributed by atoms with Gasteiger partial charge >= 0.3 is 0 Å². The molecule has 0 radical (unpaired) electrons. The number of piperazine rings is 1. The average Bonchev–Trinajstić information content (AvgIpc) is 3.53. The standard InChI is InChI=1S/C27H38N6O3/c1-18-13-19(2)30-27(36)23(18)16-28-26(35)22-14-21(32-9-7-31(8-10-32)11-12-34)15-25-24(22)17-29-33(25)20-5-3-4-6-20/h13-15,17,20,26,28,34-35H,3-12,16H2,1-2H3,(H,30,36). The largest absolute Gasteiger partial charge is 0.395 e. The van der Waals surface area contributed by atoms with Crippen LogP contribution in [0.25, 0.3) is 10.9 Å². The number of pyridine rings is 1. The highest BCUT2D eigenvalue weighted by Gasteiger charge is 2.25. The zero-order valence-electron chi connectivity index (χ0n) is 21.3. The average molecular weight is 495 g/mol. The van der Waals surface area contributed by atoms with Crippen molar-refractivity contribution < 1.29 is 10.2 Å². The van der Waals surface area contributed by atoms with Crippen molar-refractivity contribution >= 4 is 16.6 Å². The van der Waals surface area contributed by atoms with Gasteiger partial charge in [0.1, 0.15) is 6.23 Å². The van der Waals surface area contributed by atoms with Crippen LogP contribution in [0.2, 0.25) is 0 Å². The molecular weight excluding hydrogens is 456 g/mol. The third kappa shape index (κ3) is 5.06. The normalized spacial score (nSPS) is 18.4. The number of nitrogens with zero attached hydrogens (tertiary/aromatic N) is 4. The summed E-state index contributed by atoms with van der Waals surface area (Å²) >= 11 is 0. The molecule has 4 N–H and O–H groups in total. The van der Waals surface area contributed by atoms with E-state index in [1.165, 1.54) is 12.8 Å². The molecule has 1 unspecified atom stereocenters. The van der Waals surface area contributed by atoms with Crippen LogP contribution in [0.3, 0.4) is 0 Å². The number of H-pyrrole nitrogens is 1. The van der Waals surface area contributed by atoms with Gasteiger partial charge in [0.15, 0.2) is 0 Å². The molecule has 2 fully saturated rings. The zero-order chi connectivity index (χ0) is 25.2. The predicted octanol–water partition coefficient (Wildman–Crippen LogP) is 2.35. The van der Waals surface area contributed by atoms with Crippen LogP contribution in [0, 0.1) is 13.8 Å². The number of β-amino-alcohol motifs (C(OH)–C–C–N with tert-alkyl or cyclic N) is 1. The summed E-state index contributed by atoms with van der Waals surface area (Å²) in [5.74, 6) is 0. The molecule has 5 rings (SSSR count). The van der Waals surface area contributed by atoms with E-state index in [2.05, 4.69) is 36.9 Å². The van der Waals surface area contributed by atoms with Crippen LogP contribution >= 0.6 is 0 Å². The van der Waals surface area contributed by atoms with Gasteiger partial charge in [0, 0.05) is 67.2 Å². The van der Waals surface area contributed by atoms with Crippen molar-refractivity contribution in [3.63, 3.8) is 0 Å². The third-order valence-corrected chi connectivity index (χ3v) is 7.82. The quantitative estimate of drug-likeness (QED) is 0.356. The Kier molecular flexibility index (Phi) is 7.43. The van der Waals surface area contributed by atoms with Gasteiger partial charge in [-0.1, -0.05) is 12.8 Å². The summed E-state index contributed by atoms with van der Waals surface area (Å²) in [5, 5.41) is 29.5. The summed E-state index contributed by atoms with van der Waals surface area (Å²) in [5.41, 5.74) is 5.16. The second kappa shape index (κ2) is 10.7. The Morgan fingerprint density at radius 3 is 2.58 bits per heavy atom. The molecule has 3 aromatic rings. The first-order valence-electron chi connectivity index (χ1n) is 13.1. The number of aryl methyl sites for hydroxylation is 2. The van der Waals surface area contributed by atoms with E-state index in [4.69, 9.17) is 5.10 Å². The fraction of sp³-hybridized carbons (Fsp3) is 0.556. The van der Waals surface area contributed by atoms with Crippen LogP contribution in [0.5, 0.6) is 0 Å². The Balaban J connectivity index is 1.46. The van der Waals surface area contributed by atoms with Crippen molar-refractivity contribution in [2.75, 3.05) is 44.2 Å². The van der Waals surface area contributed by atoms with Crippen LogP contribution in [-0.2, 0) is 6.54 Å². The van der Waals surface area contributed by atoms with E-state index in [1.54, 1.807) is 0 Å². The molecule has 0 amide bonds. The van der Waals surface area contributed by atoms with Gasteiger partial charge in [-0.25, -0.2) is 0 Å². The molecule has 1 atom stereocenters. The fourth-order valence-electron chi connectivity index (χ4n) is 5.79. The lowest BCUT2D eigenvalue weighted by molar-refractivity contribution is 0.138. The van der Waals surface area contributed by atoms with Crippen molar-refractivity contribution in [1.82, 2.24) is 25.0 Å². The van der Waals surface area contributed by atoms with Gasteiger partial charge in [0.2, 0.25) is 0 Å². The monoisotopic (exact) mass is 494 g/mol. The first kappa shape index (κ1) is 25.0. The zero-order valence-corrected chi connectivity index (χ0v) is 21.3. The number of anilines is 1. The first-order chi connectivity index (χ1) is 17.4. The minimum atomic E-state index is -0.940. The van der Waals surface area contributed by atoms with Crippen molar-refractivity contribution in [2.24, 2.45) is 0 Å². The van der Waals surface area contributed by atoms with Crippen LogP contribution < -0.4 is 15.8 Å². The van der Waals surface area contributed by atoms with Gasteiger partial charge in [-0.3, -0.25) is 19.7 Å². The maximum absolute atomic E-state index is 12.5. The topological polar surface area (TPSA) is 110 Å². The lowest BCUT2D eigenvalue weighted by Gasteiger charge is -2.36. The molecule has 36 heavy (non-hydrogen) atoms. The van der Waals surface area contributed by atoms with Gasteiger partial charge in [0.05, 0.1) is 24.4 Å². The van der Waals surface area contributed by atoms with E-state index in [1.807, 2.05) is 26.1 Å². The molecule has 3 heterocycles. The summed E-state index contributed by atoms with van der Waals surface area (Å²) in [6.45, 7) is 8.46. The molecule has 194 valence electrons. The van der Waals surface area contributed by atoms with Crippen LogP contribution in [-0.4, -0.2) is 69.2 Å². The van der Waals surface area contributed by atoms with E-state index in [0.29, 0.717) is 18.2 Å². The number of hydrogen-bond acceptors (Lipinski definition) is 7. The number of aromatic nitrogens is 3. The second-order valence-electron chi connectivity index (χ2n) is 10.3. The summed E-state index contributed by atoms with van der Waals surface area (Å²) in [7, 11) is 0. The van der Waals surface area contributed by atoms with Crippen molar-refractivity contribution in [2.45, 2.75) is 58.3 Å².